The van der Waals surface area contributed by atoms with Gasteiger partial charge in [-0.25, -0.2) is 0 Å². The fraction of sp³-hybridized carbons (Fsp3) is 0.778. The lowest BCUT2D eigenvalue weighted by atomic mass is 9.66. The number of rotatable bonds is 10. The summed E-state index contributed by atoms with van der Waals surface area (Å²) >= 11 is 0. The van der Waals surface area contributed by atoms with Crippen LogP contribution in [0.4, 0.5) is 0 Å². The fourth-order valence-electron chi connectivity index (χ4n) is 1.03. The predicted octanol–water partition coefficient (Wildman–Crippen LogP) is -0.755. The maximum absolute atomic E-state index is 5.41. The molecule has 0 aromatic carbocycles. The van der Waals surface area contributed by atoms with Crippen molar-refractivity contribution in [1.82, 2.24) is 5.23 Å². The molecule has 15 heavy (non-hydrogen) atoms. The Morgan fingerprint density at radius 2 is 2.27 bits per heavy atom. The first-order valence-corrected chi connectivity index (χ1v) is 5.69. The van der Waals surface area contributed by atoms with Crippen LogP contribution in [-0.2, 0) is 9.39 Å². The van der Waals surface area contributed by atoms with Crippen molar-refractivity contribution >= 4 is 22.7 Å². The van der Waals surface area contributed by atoms with Crippen molar-refractivity contribution in [3.8, 4) is 0 Å². The molecule has 3 nitrogen and oxygen atoms in total. The Hall–Kier alpha value is -0.185. The molecule has 0 aromatic rings. The minimum Gasteiger partial charge on any atom is -0.450 e. The summed E-state index contributed by atoms with van der Waals surface area (Å²) in [5.74, 6) is 2.92. The normalized spacial score (nSPS) is 11.1. The van der Waals surface area contributed by atoms with Crippen molar-refractivity contribution < 1.29 is 9.39 Å². The van der Waals surface area contributed by atoms with Gasteiger partial charge in [-0.2, -0.15) is 0 Å². The molecule has 0 atom stereocenters. The lowest BCUT2D eigenvalue weighted by molar-refractivity contribution is 0.168. The van der Waals surface area contributed by atoms with Crippen LogP contribution in [0, 0.1) is 0 Å². The molecular weight excluding hydrogens is 187 g/mol. The molecular formula is C9H22B3NO2. The lowest BCUT2D eigenvalue weighted by Crippen LogP contribution is -2.27. The topological polar surface area (TPSA) is 30.5 Å². The van der Waals surface area contributed by atoms with Crippen LogP contribution in [0.1, 0.15) is 13.8 Å². The summed E-state index contributed by atoms with van der Waals surface area (Å²) in [5, 5.41) is 3.22. The van der Waals surface area contributed by atoms with Crippen molar-refractivity contribution in [3.63, 3.8) is 0 Å². The molecule has 1 N–H and O–H groups in total. The third kappa shape index (κ3) is 13.8. The molecule has 6 heteroatoms. The summed E-state index contributed by atoms with van der Waals surface area (Å²) in [4.78, 5) is 0. The Kier molecular flexibility index (Phi) is 11.7. The highest BCUT2D eigenvalue weighted by atomic mass is 16.5. The zero-order valence-corrected chi connectivity index (χ0v) is 10.3. The third-order valence-corrected chi connectivity index (χ3v) is 1.89. The number of nitrogens with one attached hydrogen (secondary N) is 1. The quantitative estimate of drug-likeness (QED) is 0.379. The molecule has 0 spiro atoms. The van der Waals surface area contributed by atoms with Gasteiger partial charge in [0, 0.05) is 13.1 Å². The Labute approximate surface area is 95.9 Å². The summed E-state index contributed by atoms with van der Waals surface area (Å²) in [6, 6.07) is 0. The van der Waals surface area contributed by atoms with Gasteiger partial charge < -0.3 is 14.6 Å². The van der Waals surface area contributed by atoms with E-state index in [1.807, 2.05) is 0 Å². The number of ether oxygens (including phenoxy) is 1. The predicted molar refractivity (Wildman–Crippen MR) is 71.9 cm³/mol. The van der Waals surface area contributed by atoms with Gasteiger partial charge in [0.2, 0.25) is 7.41 Å². The lowest BCUT2D eigenvalue weighted by Gasteiger charge is -2.02. The second kappa shape index (κ2) is 11.9. The van der Waals surface area contributed by atoms with Crippen LogP contribution < -0.4 is 5.23 Å². The SMILES string of the molecule is BOCBNCCOC/C=C/BC(C)C. The van der Waals surface area contributed by atoms with Gasteiger partial charge >= 0.3 is 0 Å². The Bertz CT molecular complexity index is 156. The molecule has 0 aliphatic carbocycles. The van der Waals surface area contributed by atoms with Crippen molar-refractivity contribution in [2.75, 3.05) is 26.3 Å². The van der Waals surface area contributed by atoms with E-state index in [2.05, 4.69) is 31.1 Å². The van der Waals surface area contributed by atoms with Gasteiger partial charge in [-0.1, -0.05) is 25.7 Å². The average Bonchev–Trinajstić information content (AvgIpc) is 2.20. The zero-order chi connectivity index (χ0) is 11.4. The third-order valence-electron chi connectivity index (χ3n) is 1.89. The van der Waals surface area contributed by atoms with Gasteiger partial charge in [0.15, 0.2) is 0 Å². The second-order valence-corrected chi connectivity index (χ2v) is 3.92. The fourth-order valence-corrected chi connectivity index (χ4v) is 1.03. The first-order chi connectivity index (χ1) is 7.27. The smallest absolute Gasteiger partial charge is 0.256 e. The minimum absolute atomic E-state index is 0.721. The standard InChI is InChI=1S/C9H22B3NO2/c1-9(2)11-4-3-6-14-7-5-13-12-8-15-10/h3-4,9,11-13H,5-8,10H2,1-2H3/b4-3+. The number of hydrogen-bond donors (Lipinski definition) is 1. The molecule has 0 amide bonds. The molecule has 0 rings (SSSR count). The van der Waals surface area contributed by atoms with E-state index in [0.717, 1.165) is 46.8 Å². The highest BCUT2D eigenvalue weighted by Crippen LogP contribution is 1.96. The first kappa shape index (κ1) is 14.8. The first-order valence-electron chi connectivity index (χ1n) is 5.69. The Morgan fingerprint density at radius 3 is 2.93 bits per heavy atom. The van der Waals surface area contributed by atoms with E-state index in [-0.39, 0.29) is 0 Å². The zero-order valence-electron chi connectivity index (χ0n) is 10.3. The van der Waals surface area contributed by atoms with E-state index in [4.69, 9.17) is 9.39 Å². The van der Waals surface area contributed by atoms with Crippen LogP contribution in [0.25, 0.3) is 0 Å². The van der Waals surface area contributed by atoms with Gasteiger partial charge in [-0.3, -0.25) is 0 Å². The van der Waals surface area contributed by atoms with E-state index in [1.54, 1.807) is 8.05 Å². The molecule has 0 saturated carbocycles. The van der Waals surface area contributed by atoms with Gasteiger partial charge in [-0.15, -0.1) is 5.98 Å². The minimum atomic E-state index is 0.721. The molecule has 0 aliphatic heterocycles. The van der Waals surface area contributed by atoms with E-state index in [9.17, 15) is 0 Å². The van der Waals surface area contributed by atoms with Gasteiger partial charge in [-0.05, 0) is 0 Å². The van der Waals surface area contributed by atoms with E-state index in [0.29, 0.717) is 0 Å². The van der Waals surface area contributed by atoms with E-state index < -0.39 is 0 Å². The highest BCUT2D eigenvalue weighted by Gasteiger charge is 1.91. The molecule has 0 radical (unpaired) electrons. The summed E-state index contributed by atoms with van der Waals surface area (Å²) in [5.41, 5.74) is 0. The summed E-state index contributed by atoms with van der Waals surface area (Å²) in [7, 11) is 3.73. The molecule has 0 fully saturated rings. The van der Waals surface area contributed by atoms with Crippen LogP contribution in [-0.4, -0.2) is 49.0 Å². The number of hydrogen-bond acceptors (Lipinski definition) is 3. The van der Waals surface area contributed by atoms with Crippen molar-refractivity contribution in [2.45, 2.75) is 19.7 Å². The Balaban J connectivity index is 3.01. The summed E-state index contributed by atoms with van der Waals surface area (Å²) in [6.07, 6.45) is 2.09. The highest BCUT2D eigenvalue weighted by molar-refractivity contribution is 6.43. The monoisotopic (exact) mass is 209 g/mol. The molecule has 0 saturated heterocycles. The van der Waals surface area contributed by atoms with E-state index in [1.165, 1.54) is 0 Å². The molecule has 0 aliphatic rings. The second-order valence-electron chi connectivity index (χ2n) is 3.92. The van der Waals surface area contributed by atoms with Crippen molar-refractivity contribution in [2.24, 2.45) is 0 Å². The van der Waals surface area contributed by atoms with Crippen LogP contribution in [0.2, 0.25) is 5.82 Å². The molecule has 0 heterocycles. The molecule has 0 aromatic heterocycles. The van der Waals surface area contributed by atoms with Crippen LogP contribution in [0.3, 0.4) is 0 Å². The van der Waals surface area contributed by atoms with Crippen molar-refractivity contribution in [1.29, 1.82) is 0 Å². The van der Waals surface area contributed by atoms with Gasteiger partial charge in [0.05, 0.1) is 13.2 Å². The van der Waals surface area contributed by atoms with Crippen LogP contribution in [0.5, 0.6) is 0 Å². The summed E-state index contributed by atoms with van der Waals surface area (Å²) < 4.78 is 10.3. The maximum Gasteiger partial charge on any atom is 0.256 e. The maximum atomic E-state index is 5.41. The van der Waals surface area contributed by atoms with E-state index >= 15 is 0 Å². The van der Waals surface area contributed by atoms with Gasteiger partial charge in [0.1, 0.15) is 7.28 Å². The largest absolute Gasteiger partial charge is 0.450 e. The Morgan fingerprint density at radius 1 is 1.47 bits per heavy atom. The average molecular weight is 209 g/mol. The molecule has 84 valence electrons. The summed E-state index contributed by atoms with van der Waals surface area (Å²) in [6.45, 7) is 7.56. The molecule has 0 unspecified atom stereocenters. The van der Waals surface area contributed by atoms with Crippen LogP contribution in [0.15, 0.2) is 12.1 Å². The van der Waals surface area contributed by atoms with Gasteiger partial charge in [0.25, 0.3) is 8.05 Å². The van der Waals surface area contributed by atoms with Crippen molar-refractivity contribution in [3.05, 3.63) is 12.1 Å². The van der Waals surface area contributed by atoms with Crippen LogP contribution >= 0.6 is 0 Å². The molecule has 0 bridgehead atoms.